The van der Waals surface area contributed by atoms with Gasteiger partial charge in [-0.25, -0.2) is 0 Å². The number of rotatable bonds is 51. The van der Waals surface area contributed by atoms with E-state index in [1.165, 1.54) is 283 Å². The second-order valence-electron chi connectivity index (χ2n) is 19.4. The summed E-state index contributed by atoms with van der Waals surface area (Å²) in [4.78, 5) is 12.0. The van der Waals surface area contributed by atoms with Crippen LogP contribution in [-0.4, -0.2) is 12.6 Å². The molecule has 0 aliphatic heterocycles. The van der Waals surface area contributed by atoms with Crippen molar-refractivity contribution in [3.8, 4) is 0 Å². The molecule has 0 fully saturated rings. The van der Waals surface area contributed by atoms with Gasteiger partial charge in [0.1, 0.15) is 0 Å². The first-order valence-electron chi connectivity index (χ1n) is 27.5. The number of esters is 1. The quantitative estimate of drug-likeness (QED) is 0.0347. The Hall–Kier alpha value is -0.790. The van der Waals surface area contributed by atoms with Gasteiger partial charge in [0, 0.05) is 6.42 Å². The predicted octanol–water partition coefficient (Wildman–Crippen LogP) is 20.5. The topological polar surface area (TPSA) is 26.3 Å². The molecule has 0 aliphatic carbocycles. The summed E-state index contributed by atoms with van der Waals surface area (Å²) in [6, 6.07) is 0. The van der Waals surface area contributed by atoms with Crippen molar-refractivity contribution in [1.29, 1.82) is 0 Å². The van der Waals surface area contributed by atoms with Crippen LogP contribution in [0.1, 0.15) is 329 Å². The predicted molar refractivity (Wildman–Crippen MR) is 262 cm³/mol. The number of ether oxygens (including phenoxy) is 1. The average Bonchev–Trinajstić information content (AvgIpc) is 3.22. The van der Waals surface area contributed by atoms with Crippen LogP contribution in [0, 0.1) is 5.92 Å². The molecular weight excluding hydrogens is 705 g/mol. The molecule has 0 aliphatic rings. The van der Waals surface area contributed by atoms with Crippen molar-refractivity contribution in [2.24, 2.45) is 5.92 Å². The third-order valence-electron chi connectivity index (χ3n) is 12.8. The Morgan fingerprint density at radius 3 is 0.914 bits per heavy atom. The van der Waals surface area contributed by atoms with Gasteiger partial charge in [0.25, 0.3) is 0 Å². The van der Waals surface area contributed by atoms with E-state index in [1.807, 2.05) is 0 Å². The van der Waals surface area contributed by atoms with Crippen molar-refractivity contribution in [2.75, 3.05) is 6.61 Å². The zero-order chi connectivity index (χ0) is 41.9. The van der Waals surface area contributed by atoms with Gasteiger partial charge in [0.15, 0.2) is 0 Å². The van der Waals surface area contributed by atoms with E-state index in [-0.39, 0.29) is 5.97 Å². The van der Waals surface area contributed by atoms with E-state index in [0.29, 0.717) is 13.0 Å². The van der Waals surface area contributed by atoms with Crippen LogP contribution in [0.15, 0.2) is 12.2 Å². The minimum atomic E-state index is 0.0219. The van der Waals surface area contributed by atoms with Crippen LogP contribution in [-0.2, 0) is 9.53 Å². The van der Waals surface area contributed by atoms with Crippen molar-refractivity contribution in [3.63, 3.8) is 0 Å². The summed E-state index contributed by atoms with van der Waals surface area (Å²) in [7, 11) is 0. The van der Waals surface area contributed by atoms with Crippen molar-refractivity contribution >= 4 is 5.97 Å². The summed E-state index contributed by atoms with van der Waals surface area (Å²) in [5.74, 6) is 0.912. The number of hydrogen-bond donors (Lipinski definition) is 0. The van der Waals surface area contributed by atoms with Crippen molar-refractivity contribution < 1.29 is 9.53 Å². The van der Waals surface area contributed by atoms with Gasteiger partial charge in [-0.1, -0.05) is 296 Å². The number of hydrogen-bond acceptors (Lipinski definition) is 2. The molecule has 2 nitrogen and oxygen atoms in total. The maximum absolute atomic E-state index is 12.0. The molecule has 0 heterocycles. The molecule has 58 heavy (non-hydrogen) atoms. The van der Waals surface area contributed by atoms with E-state index < -0.39 is 0 Å². The minimum absolute atomic E-state index is 0.0219. The SMILES string of the molecule is CCCCCCCC/C=C\CCCCCCCC(=O)OCCCCCCCCCCCCCCCCCCCCCCCCCCCCCCCCCCCC(C)C. The third-order valence-corrected chi connectivity index (χ3v) is 12.8. The van der Waals surface area contributed by atoms with Gasteiger partial charge in [0.2, 0.25) is 0 Å². The first kappa shape index (κ1) is 57.2. The Bertz CT molecular complexity index is 771. The molecule has 0 radical (unpaired) electrons. The van der Waals surface area contributed by atoms with E-state index in [9.17, 15) is 4.79 Å². The van der Waals surface area contributed by atoms with E-state index in [0.717, 1.165) is 25.2 Å². The van der Waals surface area contributed by atoms with Crippen LogP contribution < -0.4 is 0 Å². The molecule has 0 atom stereocenters. The van der Waals surface area contributed by atoms with Crippen molar-refractivity contribution in [2.45, 2.75) is 329 Å². The number of allylic oxidation sites excluding steroid dienone is 2. The van der Waals surface area contributed by atoms with E-state index in [2.05, 4.69) is 32.9 Å². The van der Waals surface area contributed by atoms with E-state index >= 15 is 0 Å². The first-order valence-corrected chi connectivity index (χ1v) is 27.5. The zero-order valence-corrected chi connectivity index (χ0v) is 40.7. The number of unbranched alkanes of at least 4 members (excludes halogenated alkanes) is 43. The lowest BCUT2D eigenvalue weighted by Gasteiger charge is -2.06. The molecule has 0 aromatic heterocycles. The molecule has 0 saturated carbocycles. The summed E-state index contributed by atoms with van der Waals surface area (Å²) in [5, 5.41) is 0. The zero-order valence-electron chi connectivity index (χ0n) is 40.7. The minimum Gasteiger partial charge on any atom is -0.466 e. The molecule has 346 valence electrons. The van der Waals surface area contributed by atoms with Crippen LogP contribution in [0.5, 0.6) is 0 Å². The van der Waals surface area contributed by atoms with E-state index in [1.54, 1.807) is 0 Å². The van der Waals surface area contributed by atoms with Gasteiger partial charge < -0.3 is 4.74 Å². The Kier molecular flexibility index (Phi) is 51.6. The van der Waals surface area contributed by atoms with Gasteiger partial charge in [-0.2, -0.15) is 0 Å². The summed E-state index contributed by atoms with van der Waals surface area (Å²) >= 11 is 0. The Morgan fingerprint density at radius 1 is 0.345 bits per heavy atom. The lowest BCUT2D eigenvalue weighted by atomic mass is 10.0. The van der Waals surface area contributed by atoms with Crippen molar-refractivity contribution in [3.05, 3.63) is 12.2 Å². The highest BCUT2D eigenvalue weighted by molar-refractivity contribution is 5.69. The highest BCUT2D eigenvalue weighted by Gasteiger charge is 2.03. The summed E-state index contributed by atoms with van der Waals surface area (Å²) in [6.45, 7) is 7.61. The fourth-order valence-electron chi connectivity index (χ4n) is 8.73. The molecule has 0 spiro atoms. The molecule has 0 unspecified atom stereocenters. The summed E-state index contributed by atoms with van der Waals surface area (Å²) < 4.78 is 5.48. The molecule has 0 rings (SSSR count). The van der Waals surface area contributed by atoms with Crippen LogP contribution in [0.3, 0.4) is 0 Å². The second-order valence-corrected chi connectivity index (χ2v) is 19.4. The van der Waals surface area contributed by atoms with Crippen LogP contribution in [0.2, 0.25) is 0 Å². The van der Waals surface area contributed by atoms with Crippen LogP contribution in [0.25, 0.3) is 0 Å². The molecule has 0 aromatic carbocycles. The standard InChI is InChI=1S/C56H110O2/c1-4-5-6-7-8-9-10-11-31-35-38-41-44-47-50-53-56(57)58-54-51-48-45-42-39-36-33-30-28-26-24-22-20-18-16-14-12-13-15-17-19-21-23-25-27-29-32-34-37-40-43-46-49-52-55(2)3/h11,31,55H,4-10,12-30,32-54H2,1-3H3/b31-11-. The Morgan fingerprint density at radius 2 is 0.603 bits per heavy atom. The lowest BCUT2D eigenvalue weighted by molar-refractivity contribution is -0.143. The molecule has 0 amide bonds. The average molecular weight is 815 g/mol. The second kappa shape index (κ2) is 52.3. The fraction of sp³-hybridized carbons (Fsp3) is 0.946. The largest absolute Gasteiger partial charge is 0.466 e. The van der Waals surface area contributed by atoms with Gasteiger partial charge in [-0.05, 0) is 44.4 Å². The highest BCUT2D eigenvalue weighted by atomic mass is 16.5. The maximum Gasteiger partial charge on any atom is 0.305 e. The number of carbonyl (C=O) groups excluding carboxylic acids is 1. The van der Waals surface area contributed by atoms with E-state index in [4.69, 9.17) is 4.74 Å². The molecular formula is C56H110O2. The van der Waals surface area contributed by atoms with Gasteiger partial charge in [0.05, 0.1) is 6.61 Å². The molecule has 0 saturated heterocycles. The summed E-state index contributed by atoms with van der Waals surface area (Å²) in [6.07, 6.45) is 71.0. The highest BCUT2D eigenvalue weighted by Crippen LogP contribution is 2.18. The van der Waals surface area contributed by atoms with Crippen LogP contribution >= 0.6 is 0 Å². The first-order chi connectivity index (χ1) is 28.7. The fourth-order valence-corrected chi connectivity index (χ4v) is 8.73. The number of carbonyl (C=O) groups is 1. The maximum atomic E-state index is 12.0. The Labute approximate surface area is 367 Å². The van der Waals surface area contributed by atoms with Gasteiger partial charge in [-0.15, -0.1) is 0 Å². The van der Waals surface area contributed by atoms with Crippen molar-refractivity contribution in [1.82, 2.24) is 0 Å². The molecule has 0 bridgehead atoms. The third kappa shape index (κ3) is 53.2. The molecule has 2 heteroatoms. The van der Waals surface area contributed by atoms with Gasteiger partial charge >= 0.3 is 5.97 Å². The molecule has 0 aromatic rings. The normalized spacial score (nSPS) is 11.8. The Balaban J connectivity index is 3.15. The smallest absolute Gasteiger partial charge is 0.305 e. The van der Waals surface area contributed by atoms with Gasteiger partial charge in [-0.3, -0.25) is 4.79 Å². The summed E-state index contributed by atoms with van der Waals surface area (Å²) in [5.41, 5.74) is 0. The lowest BCUT2D eigenvalue weighted by Crippen LogP contribution is -2.05. The van der Waals surface area contributed by atoms with Crippen LogP contribution in [0.4, 0.5) is 0 Å². The monoisotopic (exact) mass is 815 g/mol. The molecule has 0 N–H and O–H groups in total.